The highest BCUT2D eigenvalue weighted by Crippen LogP contribution is 2.43. The van der Waals surface area contributed by atoms with Crippen molar-refractivity contribution in [3.8, 4) is 17.5 Å². The van der Waals surface area contributed by atoms with Crippen LogP contribution in [0.1, 0.15) is 30.3 Å². The van der Waals surface area contributed by atoms with E-state index in [1.807, 2.05) is 24.3 Å². The number of aromatic nitrogens is 3. The molecule has 3 aromatic heterocycles. The third-order valence-corrected chi connectivity index (χ3v) is 6.62. The van der Waals surface area contributed by atoms with Gasteiger partial charge in [0.05, 0.1) is 29.4 Å². The molecule has 5 rings (SSSR count). The van der Waals surface area contributed by atoms with Gasteiger partial charge >= 0.3 is 0 Å². The van der Waals surface area contributed by atoms with E-state index in [2.05, 4.69) is 28.8 Å². The standard InChI is InChI=1S/C21H21ClN4O3S/c1-12-10-25(11-13(2)29-12)17(14-6-3-4-7-15(14)22)18-20(27)26-21(30-18)23-19(24-26)16-8-5-9-28-16/h3-9,12-13,17,27H,10-11H2,1-2H3/t12-,13+,17-/m1/s1. The first-order chi connectivity index (χ1) is 14.5. The van der Waals surface area contributed by atoms with Crippen molar-refractivity contribution in [1.29, 1.82) is 0 Å². The fourth-order valence-corrected chi connectivity index (χ4v) is 5.41. The number of furan rings is 1. The van der Waals surface area contributed by atoms with Crippen LogP contribution in [-0.2, 0) is 4.74 Å². The van der Waals surface area contributed by atoms with E-state index in [0.29, 0.717) is 21.6 Å². The normalized spacial score (nSPS) is 21.3. The quantitative estimate of drug-likeness (QED) is 0.495. The van der Waals surface area contributed by atoms with Gasteiger partial charge in [0.25, 0.3) is 0 Å². The fourth-order valence-electron chi connectivity index (χ4n) is 4.07. The molecule has 0 aliphatic carbocycles. The van der Waals surface area contributed by atoms with Gasteiger partial charge in [0.15, 0.2) is 5.76 Å². The van der Waals surface area contributed by atoms with Gasteiger partial charge in [-0.2, -0.15) is 9.50 Å². The van der Waals surface area contributed by atoms with Gasteiger partial charge < -0.3 is 14.3 Å². The van der Waals surface area contributed by atoms with E-state index in [4.69, 9.17) is 20.8 Å². The number of morpholine rings is 1. The third kappa shape index (κ3) is 3.39. The lowest BCUT2D eigenvalue weighted by Crippen LogP contribution is -2.47. The summed E-state index contributed by atoms with van der Waals surface area (Å²) in [6.45, 7) is 5.57. The van der Waals surface area contributed by atoms with Gasteiger partial charge in [0.1, 0.15) is 0 Å². The van der Waals surface area contributed by atoms with E-state index in [0.717, 1.165) is 23.5 Å². The average molecular weight is 445 g/mol. The molecule has 156 valence electrons. The molecule has 1 N–H and O–H groups in total. The van der Waals surface area contributed by atoms with E-state index >= 15 is 0 Å². The molecule has 0 bridgehead atoms. The number of hydrogen-bond acceptors (Lipinski definition) is 7. The Morgan fingerprint density at radius 2 is 1.93 bits per heavy atom. The van der Waals surface area contributed by atoms with E-state index in [1.165, 1.54) is 15.9 Å². The van der Waals surface area contributed by atoms with Crippen LogP contribution >= 0.6 is 22.9 Å². The Kier molecular flexibility index (Phi) is 5.02. The van der Waals surface area contributed by atoms with Crippen molar-refractivity contribution >= 4 is 27.9 Å². The fraction of sp³-hybridized carbons (Fsp3) is 0.333. The summed E-state index contributed by atoms with van der Waals surface area (Å²) in [5.41, 5.74) is 0.937. The highest BCUT2D eigenvalue weighted by molar-refractivity contribution is 7.17. The number of fused-ring (bicyclic) bond motifs is 1. The summed E-state index contributed by atoms with van der Waals surface area (Å²) in [4.78, 5) is 8.21. The molecule has 1 saturated heterocycles. The van der Waals surface area contributed by atoms with Crippen LogP contribution in [0.2, 0.25) is 5.02 Å². The second-order valence-corrected chi connectivity index (χ2v) is 8.95. The van der Waals surface area contributed by atoms with Crippen molar-refractivity contribution in [2.24, 2.45) is 0 Å². The molecule has 0 unspecified atom stereocenters. The first-order valence-electron chi connectivity index (χ1n) is 9.77. The molecule has 1 aromatic carbocycles. The Hall–Kier alpha value is -2.39. The third-order valence-electron chi connectivity index (χ3n) is 5.20. The lowest BCUT2D eigenvalue weighted by molar-refractivity contribution is -0.0764. The first kappa shape index (κ1) is 19.6. The number of ether oxygens (including phenoxy) is 1. The van der Waals surface area contributed by atoms with Gasteiger partial charge in [-0.05, 0) is 37.6 Å². The Bertz CT molecular complexity index is 1160. The number of aromatic hydroxyl groups is 1. The van der Waals surface area contributed by atoms with Crippen LogP contribution < -0.4 is 0 Å². The van der Waals surface area contributed by atoms with Crippen LogP contribution in [0.4, 0.5) is 0 Å². The predicted molar refractivity (Wildman–Crippen MR) is 115 cm³/mol. The molecule has 1 aliphatic rings. The maximum atomic E-state index is 11.1. The topological polar surface area (TPSA) is 76.0 Å². The molecule has 3 atom stereocenters. The number of nitrogens with zero attached hydrogens (tertiary/aromatic N) is 4. The average Bonchev–Trinajstić information content (AvgIpc) is 3.42. The SMILES string of the molecule is C[C@@H]1CN([C@H](c2ccccc2Cl)c2sc3nc(-c4ccco4)nn3c2O)C[C@H](C)O1. The lowest BCUT2D eigenvalue weighted by Gasteiger charge is -2.40. The molecule has 0 radical (unpaired) electrons. The largest absolute Gasteiger partial charge is 0.492 e. The molecule has 0 spiro atoms. The van der Waals surface area contributed by atoms with Crippen LogP contribution in [0.3, 0.4) is 0 Å². The van der Waals surface area contributed by atoms with Gasteiger partial charge in [-0.15, -0.1) is 5.10 Å². The molecule has 0 amide bonds. The first-order valence-corrected chi connectivity index (χ1v) is 11.0. The van der Waals surface area contributed by atoms with E-state index < -0.39 is 0 Å². The zero-order valence-electron chi connectivity index (χ0n) is 16.5. The van der Waals surface area contributed by atoms with Crippen LogP contribution in [0.5, 0.6) is 5.88 Å². The summed E-state index contributed by atoms with van der Waals surface area (Å²) in [6.07, 6.45) is 1.73. The summed E-state index contributed by atoms with van der Waals surface area (Å²) < 4.78 is 12.8. The molecular formula is C21H21ClN4O3S. The Labute approximate surface area is 182 Å². The number of halogens is 1. The molecule has 0 saturated carbocycles. The summed E-state index contributed by atoms with van der Waals surface area (Å²) >= 11 is 8.00. The maximum Gasteiger partial charge on any atom is 0.230 e. The summed E-state index contributed by atoms with van der Waals surface area (Å²) in [5.74, 6) is 1.07. The van der Waals surface area contributed by atoms with Crippen LogP contribution in [-0.4, -0.2) is 49.9 Å². The molecular weight excluding hydrogens is 424 g/mol. The number of rotatable bonds is 4. The highest BCUT2D eigenvalue weighted by atomic mass is 35.5. The van der Waals surface area contributed by atoms with E-state index in [-0.39, 0.29) is 24.1 Å². The Balaban J connectivity index is 1.62. The number of hydrogen-bond donors (Lipinski definition) is 1. The van der Waals surface area contributed by atoms with Gasteiger partial charge in [-0.25, -0.2) is 0 Å². The van der Waals surface area contributed by atoms with Gasteiger partial charge in [-0.1, -0.05) is 41.1 Å². The summed E-state index contributed by atoms with van der Waals surface area (Å²) in [7, 11) is 0. The highest BCUT2D eigenvalue weighted by Gasteiger charge is 2.35. The van der Waals surface area contributed by atoms with Gasteiger partial charge in [-0.3, -0.25) is 4.90 Å². The van der Waals surface area contributed by atoms with Crippen molar-refractivity contribution in [1.82, 2.24) is 19.5 Å². The molecule has 4 aromatic rings. The summed E-state index contributed by atoms with van der Waals surface area (Å²) in [5, 5.41) is 16.2. The van der Waals surface area contributed by atoms with Crippen molar-refractivity contribution in [2.75, 3.05) is 13.1 Å². The Morgan fingerprint density at radius 1 is 1.17 bits per heavy atom. The second-order valence-electron chi connectivity index (χ2n) is 7.53. The monoisotopic (exact) mass is 444 g/mol. The second kappa shape index (κ2) is 7.70. The van der Waals surface area contributed by atoms with E-state index in [9.17, 15) is 5.11 Å². The number of benzene rings is 1. The minimum atomic E-state index is -0.229. The molecule has 1 fully saturated rings. The summed E-state index contributed by atoms with van der Waals surface area (Å²) in [6, 6.07) is 11.1. The number of thiazole rings is 1. The van der Waals surface area contributed by atoms with Crippen LogP contribution in [0.15, 0.2) is 47.1 Å². The minimum absolute atomic E-state index is 0.0667. The zero-order chi connectivity index (χ0) is 20.8. The minimum Gasteiger partial charge on any atom is -0.492 e. The molecule has 7 nitrogen and oxygen atoms in total. The molecule has 30 heavy (non-hydrogen) atoms. The van der Waals surface area contributed by atoms with Gasteiger partial charge in [0.2, 0.25) is 16.7 Å². The molecule has 9 heteroatoms. The van der Waals surface area contributed by atoms with Crippen molar-refractivity contribution in [3.05, 3.63) is 58.1 Å². The maximum absolute atomic E-state index is 11.1. The van der Waals surface area contributed by atoms with Crippen LogP contribution in [0, 0.1) is 0 Å². The van der Waals surface area contributed by atoms with Crippen molar-refractivity contribution < 1.29 is 14.3 Å². The Morgan fingerprint density at radius 3 is 2.60 bits per heavy atom. The molecule has 4 heterocycles. The van der Waals surface area contributed by atoms with E-state index in [1.54, 1.807) is 18.4 Å². The predicted octanol–water partition coefficient (Wildman–Crippen LogP) is 4.61. The lowest BCUT2D eigenvalue weighted by atomic mass is 10.0. The smallest absolute Gasteiger partial charge is 0.230 e. The van der Waals surface area contributed by atoms with Crippen LogP contribution in [0.25, 0.3) is 16.5 Å². The van der Waals surface area contributed by atoms with Crippen molar-refractivity contribution in [3.63, 3.8) is 0 Å². The van der Waals surface area contributed by atoms with Crippen molar-refractivity contribution in [2.45, 2.75) is 32.1 Å². The zero-order valence-corrected chi connectivity index (χ0v) is 18.1. The molecule has 1 aliphatic heterocycles. The van der Waals surface area contributed by atoms with Gasteiger partial charge in [0, 0.05) is 18.1 Å².